The second-order valence-corrected chi connectivity index (χ2v) is 6.88. The van der Waals surface area contributed by atoms with Gasteiger partial charge in [-0.15, -0.1) is 0 Å². The highest BCUT2D eigenvalue weighted by Gasteiger charge is 2.35. The smallest absolute Gasteiger partial charge is 0.174 e. The maximum Gasteiger partial charge on any atom is 0.174 e. The van der Waals surface area contributed by atoms with Gasteiger partial charge in [-0.05, 0) is 43.7 Å². The number of phenolic OH excluding ortho intramolecular Hbond substituents is 2. The molecule has 4 rings (SSSR count). The number of Topliss-reactive ketones (excluding diaryl/α,β-unsaturated/α-hetero) is 1. The number of hydrogen-bond acceptors (Lipinski definition) is 5. The molecule has 1 atom stereocenters. The van der Waals surface area contributed by atoms with E-state index in [0.717, 1.165) is 5.56 Å². The fraction of sp³-hybridized carbons (Fsp3) is 0.250. The minimum absolute atomic E-state index is 0.125. The molecule has 0 aliphatic carbocycles. The van der Waals surface area contributed by atoms with E-state index in [1.807, 2.05) is 26.0 Å². The average Bonchev–Trinajstić information content (AvgIpc) is 2.53. The Hall–Kier alpha value is -2.95. The summed E-state index contributed by atoms with van der Waals surface area (Å²) in [6, 6.07) is 8.04. The Labute approximate surface area is 145 Å². The van der Waals surface area contributed by atoms with Crippen molar-refractivity contribution in [2.45, 2.75) is 32.0 Å². The van der Waals surface area contributed by atoms with E-state index >= 15 is 0 Å². The van der Waals surface area contributed by atoms with E-state index in [9.17, 15) is 15.0 Å². The molecule has 2 aromatic rings. The first-order valence-electron chi connectivity index (χ1n) is 8.11. The number of phenols is 2. The van der Waals surface area contributed by atoms with Crippen molar-refractivity contribution in [3.05, 3.63) is 53.1 Å². The standard InChI is InChI=1S/C20H18O5/c1-20(2)8-7-13-17(25-20)10-15(23)18-14(22)9-16(24-19(13)18)11-3-5-12(21)6-4-11/h3-8,10,16,21,23H,9H2,1-2H3/t16-/m0/s1. The minimum atomic E-state index is -0.497. The Balaban J connectivity index is 1.81. The molecule has 25 heavy (non-hydrogen) atoms. The summed E-state index contributed by atoms with van der Waals surface area (Å²) in [4.78, 5) is 12.6. The largest absolute Gasteiger partial charge is 0.508 e. The molecule has 0 radical (unpaired) electrons. The van der Waals surface area contributed by atoms with Gasteiger partial charge in [-0.1, -0.05) is 12.1 Å². The van der Waals surface area contributed by atoms with Crippen molar-refractivity contribution in [2.24, 2.45) is 0 Å². The van der Waals surface area contributed by atoms with Crippen molar-refractivity contribution >= 4 is 11.9 Å². The lowest BCUT2D eigenvalue weighted by Gasteiger charge is -2.32. The van der Waals surface area contributed by atoms with Gasteiger partial charge in [0.15, 0.2) is 5.78 Å². The molecule has 2 aliphatic heterocycles. The molecular weight excluding hydrogens is 320 g/mol. The summed E-state index contributed by atoms with van der Waals surface area (Å²) in [7, 11) is 0. The SMILES string of the molecule is CC1(C)C=Cc2c(cc(O)c3c2O[C@H](c2ccc(O)cc2)CC3=O)O1. The van der Waals surface area contributed by atoms with Crippen molar-refractivity contribution in [2.75, 3.05) is 0 Å². The van der Waals surface area contributed by atoms with Gasteiger partial charge in [0.2, 0.25) is 0 Å². The van der Waals surface area contributed by atoms with E-state index < -0.39 is 11.7 Å². The summed E-state index contributed by atoms with van der Waals surface area (Å²) in [5.41, 5.74) is 1.14. The van der Waals surface area contributed by atoms with Gasteiger partial charge in [-0.3, -0.25) is 4.79 Å². The fourth-order valence-corrected chi connectivity index (χ4v) is 3.20. The van der Waals surface area contributed by atoms with Crippen LogP contribution in [0.15, 0.2) is 36.4 Å². The summed E-state index contributed by atoms with van der Waals surface area (Å²) >= 11 is 0. The zero-order chi connectivity index (χ0) is 17.8. The van der Waals surface area contributed by atoms with Crippen LogP contribution in [0.25, 0.3) is 6.08 Å². The zero-order valence-corrected chi connectivity index (χ0v) is 13.9. The highest BCUT2D eigenvalue weighted by molar-refractivity contribution is 6.04. The maximum absolute atomic E-state index is 12.6. The minimum Gasteiger partial charge on any atom is -0.508 e. The lowest BCUT2D eigenvalue weighted by atomic mass is 9.91. The molecule has 2 N–H and O–H groups in total. The van der Waals surface area contributed by atoms with Gasteiger partial charge in [-0.2, -0.15) is 0 Å². The van der Waals surface area contributed by atoms with E-state index in [1.165, 1.54) is 6.07 Å². The summed E-state index contributed by atoms with van der Waals surface area (Å²) < 4.78 is 12.0. The average molecular weight is 338 g/mol. The first kappa shape index (κ1) is 15.6. The van der Waals surface area contributed by atoms with Gasteiger partial charge in [0.25, 0.3) is 0 Å². The predicted octanol–water partition coefficient (Wildman–Crippen LogP) is 3.99. The van der Waals surface area contributed by atoms with Crippen molar-refractivity contribution in [3.63, 3.8) is 0 Å². The molecule has 0 fully saturated rings. The van der Waals surface area contributed by atoms with E-state index in [2.05, 4.69) is 0 Å². The lowest BCUT2D eigenvalue weighted by Crippen LogP contribution is -2.29. The van der Waals surface area contributed by atoms with Crippen LogP contribution in [0.2, 0.25) is 0 Å². The molecule has 0 aromatic heterocycles. The summed E-state index contributed by atoms with van der Waals surface area (Å²) in [6.45, 7) is 3.82. The highest BCUT2D eigenvalue weighted by atomic mass is 16.5. The molecule has 0 saturated carbocycles. The zero-order valence-electron chi connectivity index (χ0n) is 13.9. The Bertz CT molecular complexity index is 893. The molecule has 5 nitrogen and oxygen atoms in total. The number of benzene rings is 2. The van der Waals surface area contributed by atoms with Crippen LogP contribution >= 0.6 is 0 Å². The highest BCUT2D eigenvalue weighted by Crippen LogP contribution is 2.48. The first-order valence-corrected chi connectivity index (χ1v) is 8.11. The lowest BCUT2D eigenvalue weighted by molar-refractivity contribution is 0.0841. The molecule has 5 heteroatoms. The number of rotatable bonds is 1. The van der Waals surface area contributed by atoms with Crippen LogP contribution in [0.5, 0.6) is 23.0 Å². The Morgan fingerprint density at radius 3 is 2.60 bits per heavy atom. The normalized spacial score (nSPS) is 20.2. The summed E-state index contributed by atoms with van der Waals surface area (Å²) in [5, 5.41) is 19.8. The predicted molar refractivity (Wildman–Crippen MR) is 92.3 cm³/mol. The van der Waals surface area contributed by atoms with Crippen molar-refractivity contribution in [3.8, 4) is 23.0 Å². The third-order valence-electron chi connectivity index (χ3n) is 4.46. The van der Waals surface area contributed by atoms with Gasteiger partial charge in [0, 0.05) is 6.07 Å². The van der Waals surface area contributed by atoms with Crippen LogP contribution < -0.4 is 9.47 Å². The van der Waals surface area contributed by atoms with E-state index in [0.29, 0.717) is 17.1 Å². The number of fused-ring (bicyclic) bond motifs is 3. The molecule has 2 heterocycles. The number of carbonyl (C=O) groups is 1. The van der Waals surface area contributed by atoms with Crippen LogP contribution in [0.1, 0.15) is 47.9 Å². The topological polar surface area (TPSA) is 76.0 Å². The Morgan fingerprint density at radius 2 is 1.88 bits per heavy atom. The third-order valence-corrected chi connectivity index (χ3v) is 4.46. The molecule has 0 amide bonds. The number of aromatic hydroxyl groups is 2. The quantitative estimate of drug-likeness (QED) is 0.822. The molecule has 128 valence electrons. The maximum atomic E-state index is 12.6. The first-order chi connectivity index (χ1) is 11.8. The second-order valence-electron chi connectivity index (χ2n) is 6.88. The number of ether oxygens (including phenoxy) is 2. The Morgan fingerprint density at radius 1 is 1.16 bits per heavy atom. The monoisotopic (exact) mass is 338 g/mol. The van der Waals surface area contributed by atoms with Gasteiger partial charge in [-0.25, -0.2) is 0 Å². The van der Waals surface area contributed by atoms with Gasteiger partial charge < -0.3 is 19.7 Å². The second kappa shape index (κ2) is 5.28. The van der Waals surface area contributed by atoms with E-state index in [4.69, 9.17) is 9.47 Å². The summed E-state index contributed by atoms with van der Waals surface area (Å²) in [6.07, 6.45) is 3.41. The number of hydrogen-bond donors (Lipinski definition) is 2. The van der Waals surface area contributed by atoms with E-state index in [-0.39, 0.29) is 29.3 Å². The molecular formula is C20H18O5. The van der Waals surface area contributed by atoms with Crippen LogP contribution in [0.4, 0.5) is 0 Å². The van der Waals surface area contributed by atoms with Crippen LogP contribution in [-0.4, -0.2) is 21.6 Å². The summed E-state index contributed by atoms with van der Waals surface area (Å²) in [5.74, 6) is 0.672. The van der Waals surface area contributed by atoms with Crippen molar-refractivity contribution in [1.29, 1.82) is 0 Å². The van der Waals surface area contributed by atoms with E-state index in [1.54, 1.807) is 24.3 Å². The van der Waals surface area contributed by atoms with Crippen molar-refractivity contribution < 1.29 is 24.5 Å². The fourth-order valence-electron chi connectivity index (χ4n) is 3.20. The molecule has 0 saturated heterocycles. The molecule has 0 unspecified atom stereocenters. The van der Waals surface area contributed by atoms with Gasteiger partial charge in [0.1, 0.15) is 40.3 Å². The number of ketones is 1. The van der Waals surface area contributed by atoms with Gasteiger partial charge >= 0.3 is 0 Å². The van der Waals surface area contributed by atoms with Crippen LogP contribution in [0, 0.1) is 0 Å². The van der Waals surface area contributed by atoms with Crippen LogP contribution in [0.3, 0.4) is 0 Å². The Kier molecular flexibility index (Phi) is 3.29. The number of carbonyl (C=O) groups excluding carboxylic acids is 1. The molecule has 2 aliphatic rings. The molecule has 0 bridgehead atoms. The molecule has 2 aromatic carbocycles. The third kappa shape index (κ3) is 2.61. The molecule has 0 spiro atoms. The van der Waals surface area contributed by atoms with Crippen molar-refractivity contribution in [1.82, 2.24) is 0 Å². The van der Waals surface area contributed by atoms with Gasteiger partial charge in [0.05, 0.1) is 12.0 Å². The van der Waals surface area contributed by atoms with Crippen LogP contribution in [-0.2, 0) is 0 Å².